The summed E-state index contributed by atoms with van der Waals surface area (Å²) in [6.45, 7) is 3.98. The fourth-order valence-corrected chi connectivity index (χ4v) is 3.05. The van der Waals surface area contributed by atoms with Crippen LogP contribution in [0.4, 0.5) is 4.39 Å². The van der Waals surface area contributed by atoms with Gasteiger partial charge in [0, 0.05) is 7.11 Å². The van der Waals surface area contributed by atoms with E-state index in [9.17, 15) is 9.18 Å². The molecule has 104 valence electrons. The predicted molar refractivity (Wildman–Crippen MR) is 72.8 cm³/mol. The van der Waals surface area contributed by atoms with E-state index in [0.717, 1.165) is 18.4 Å². The van der Waals surface area contributed by atoms with E-state index < -0.39 is 11.4 Å². The first-order chi connectivity index (χ1) is 8.98. The third kappa shape index (κ3) is 2.71. The van der Waals surface area contributed by atoms with Gasteiger partial charge in [0.15, 0.2) is 5.78 Å². The molecule has 3 heteroatoms. The van der Waals surface area contributed by atoms with Crippen LogP contribution < -0.4 is 0 Å². The number of benzene rings is 1. The molecule has 0 aromatic heterocycles. The molecule has 2 nitrogen and oxygen atoms in total. The van der Waals surface area contributed by atoms with Crippen molar-refractivity contribution in [3.63, 3.8) is 0 Å². The second-order valence-electron chi connectivity index (χ2n) is 5.71. The van der Waals surface area contributed by atoms with E-state index in [1.54, 1.807) is 19.2 Å². The van der Waals surface area contributed by atoms with Crippen molar-refractivity contribution in [1.82, 2.24) is 0 Å². The van der Waals surface area contributed by atoms with E-state index in [4.69, 9.17) is 4.74 Å². The number of ketones is 1. The third-order valence-electron chi connectivity index (χ3n) is 4.13. The molecule has 19 heavy (non-hydrogen) atoms. The van der Waals surface area contributed by atoms with Gasteiger partial charge in [-0.3, -0.25) is 4.79 Å². The van der Waals surface area contributed by atoms with Crippen LogP contribution in [0.3, 0.4) is 0 Å². The standard InChI is InChI=1S/C16H21FO2/c1-11-6-7-14(17)13(9-11)15(18)16(19-3)8-4-5-12(2)10-16/h6-7,9,12H,4-5,8,10H2,1-3H3. The number of hydrogen-bond donors (Lipinski definition) is 0. The molecular formula is C16H21FO2. The van der Waals surface area contributed by atoms with E-state index >= 15 is 0 Å². The molecule has 0 aliphatic heterocycles. The molecule has 1 aromatic carbocycles. The maximum Gasteiger partial charge on any atom is 0.197 e. The number of hydrogen-bond acceptors (Lipinski definition) is 2. The molecule has 2 rings (SSSR count). The maximum absolute atomic E-state index is 13.9. The van der Waals surface area contributed by atoms with Crippen LogP contribution in [0.15, 0.2) is 18.2 Å². The van der Waals surface area contributed by atoms with Crippen molar-refractivity contribution < 1.29 is 13.9 Å². The lowest BCUT2D eigenvalue weighted by Gasteiger charge is -2.37. The molecule has 2 atom stereocenters. The van der Waals surface area contributed by atoms with Gasteiger partial charge in [-0.05, 0) is 44.2 Å². The molecule has 0 heterocycles. The number of carbonyl (C=O) groups is 1. The van der Waals surface area contributed by atoms with Crippen molar-refractivity contribution in [1.29, 1.82) is 0 Å². The van der Waals surface area contributed by atoms with Gasteiger partial charge < -0.3 is 4.74 Å². The minimum atomic E-state index is -0.841. The van der Waals surface area contributed by atoms with Crippen LogP contribution in [0.1, 0.15) is 48.5 Å². The zero-order valence-electron chi connectivity index (χ0n) is 11.8. The summed E-state index contributed by atoms with van der Waals surface area (Å²) in [6, 6.07) is 4.66. The normalized spacial score (nSPS) is 27.3. The van der Waals surface area contributed by atoms with E-state index in [-0.39, 0.29) is 11.3 Å². The highest BCUT2D eigenvalue weighted by atomic mass is 19.1. The molecule has 0 N–H and O–H groups in total. The van der Waals surface area contributed by atoms with Crippen LogP contribution in [-0.2, 0) is 4.74 Å². The monoisotopic (exact) mass is 264 g/mol. The van der Waals surface area contributed by atoms with Crippen LogP contribution in [0.2, 0.25) is 0 Å². The molecule has 0 spiro atoms. The molecule has 1 aliphatic rings. The number of halogens is 1. The smallest absolute Gasteiger partial charge is 0.197 e. The molecule has 1 saturated carbocycles. The Kier molecular flexibility index (Phi) is 4.04. The average molecular weight is 264 g/mol. The highest BCUT2D eigenvalue weighted by Crippen LogP contribution is 2.37. The first-order valence-electron chi connectivity index (χ1n) is 6.84. The van der Waals surface area contributed by atoms with Crippen molar-refractivity contribution in [2.45, 2.75) is 45.1 Å². The highest BCUT2D eigenvalue weighted by molar-refractivity contribution is 6.03. The largest absolute Gasteiger partial charge is 0.370 e. The molecular weight excluding hydrogens is 243 g/mol. The Balaban J connectivity index is 2.37. The third-order valence-corrected chi connectivity index (χ3v) is 4.13. The fraction of sp³-hybridized carbons (Fsp3) is 0.562. The molecule has 0 radical (unpaired) electrons. The number of rotatable bonds is 3. The zero-order chi connectivity index (χ0) is 14.0. The summed E-state index contributed by atoms with van der Waals surface area (Å²) in [5, 5.41) is 0. The summed E-state index contributed by atoms with van der Waals surface area (Å²) in [5.41, 5.74) is 0.211. The Morgan fingerprint density at radius 1 is 1.47 bits per heavy atom. The topological polar surface area (TPSA) is 26.3 Å². The first kappa shape index (κ1) is 14.2. The second kappa shape index (κ2) is 5.41. The van der Waals surface area contributed by atoms with Crippen LogP contribution in [0, 0.1) is 18.7 Å². The van der Waals surface area contributed by atoms with Crippen LogP contribution in [0.5, 0.6) is 0 Å². The van der Waals surface area contributed by atoms with Gasteiger partial charge in [0.25, 0.3) is 0 Å². The molecule has 1 aromatic rings. The lowest BCUT2D eigenvalue weighted by molar-refractivity contribution is -0.0305. The zero-order valence-corrected chi connectivity index (χ0v) is 11.8. The highest BCUT2D eigenvalue weighted by Gasteiger charge is 2.43. The van der Waals surface area contributed by atoms with Crippen molar-refractivity contribution >= 4 is 5.78 Å². The quantitative estimate of drug-likeness (QED) is 0.774. The Morgan fingerprint density at radius 3 is 2.84 bits per heavy atom. The maximum atomic E-state index is 13.9. The van der Waals surface area contributed by atoms with Gasteiger partial charge in [0.1, 0.15) is 11.4 Å². The summed E-state index contributed by atoms with van der Waals surface area (Å²) in [7, 11) is 1.56. The lowest BCUT2D eigenvalue weighted by Crippen LogP contribution is -2.45. The van der Waals surface area contributed by atoms with Gasteiger partial charge in [-0.2, -0.15) is 0 Å². The number of aryl methyl sites for hydroxylation is 1. The molecule has 1 aliphatic carbocycles. The summed E-state index contributed by atoms with van der Waals surface area (Å²) >= 11 is 0. The fourth-order valence-electron chi connectivity index (χ4n) is 3.05. The predicted octanol–water partition coefficient (Wildman–Crippen LogP) is 3.91. The van der Waals surface area contributed by atoms with Gasteiger partial charge in [0.05, 0.1) is 5.56 Å². The Morgan fingerprint density at radius 2 is 2.21 bits per heavy atom. The summed E-state index contributed by atoms with van der Waals surface area (Å²) in [5.74, 6) is -0.224. The van der Waals surface area contributed by atoms with Gasteiger partial charge >= 0.3 is 0 Å². The molecule has 1 fully saturated rings. The average Bonchev–Trinajstić information content (AvgIpc) is 2.40. The van der Waals surface area contributed by atoms with Gasteiger partial charge in [-0.15, -0.1) is 0 Å². The first-order valence-corrected chi connectivity index (χ1v) is 6.84. The Bertz CT molecular complexity index is 484. The summed E-state index contributed by atoms with van der Waals surface area (Å²) in [4.78, 5) is 12.7. The lowest BCUT2D eigenvalue weighted by atomic mass is 9.74. The minimum absolute atomic E-state index is 0.163. The number of Topliss-reactive ketones (excluding diaryl/α,β-unsaturated/α-hetero) is 1. The van der Waals surface area contributed by atoms with Gasteiger partial charge in [-0.1, -0.05) is 25.0 Å². The Labute approximate surface area is 114 Å². The van der Waals surface area contributed by atoms with Crippen molar-refractivity contribution in [3.8, 4) is 0 Å². The molecule has 0 amide bonds. The van der Waals surface area contributed by atoms with E-state index in [1.807, 2.05) is 6.92 Å². The SMILES string of the molecule is COC1(C(=O)c2cc(C)ccc2F)CCCC(C)C1. The van der Waals surface area contributed by atoms with Crippen molar-refractivity contribution in [3.05, 3.63) is 35.1 Å². The molecule has 0 saturated heterocycles. The van der Waals surface area contributed by atoms with Crippen molar-refractivity contribution in [2.75, 3.05) is 7.11 Å². The van der Waals surface area contributed by atoms with E-state index in [1.165, 1.54) is 6.07 Å². The number of ether oxygens (including phenoxy) is 1. The van der Waals surface area contributed by atoms with Crippen LogP contribution in [-0.4, -0.2) is 18.5 Å². The van der Waals surface area contributed by atoms with Crippen LogP contribution >= 0.6 is 0 Å². The molecule has 2 unspecified atom stereocenters. The number of methoxy groups -OCH3 is 1. The summed E-state index contributed by atoms with van der Waals surface area (Å²) < 4.78 is 19.4. The van der Waals surface area contributed by atoms with Crippen LogP contribution in [0.25, 0.3) is 0 Å². The minimum Gasteiger partial charge on any atom is -0.370 e. The van der Waals surface area contributed by atoms with E-state index in [2.05, 4.69) is 6.92 Å². The van der Waals surface area contributed by atoms with Gasteiger partial charge in [-0.25, -0.2) is 4.39 Å². The summed E-state index contributed by atoms with van der Waals surface area (Å²) in [6.07, 6.45) is 3.42. The second-order valence-corrected chi connectivity index (χ2v) is 5.71. The van der Waals surface area contributed by atoms with Crippen molar-refractivity contribution in [2.24, 2.45) is 5.92 Å². The number of carbonyl (C=O) groups excluding carboxylic acids is 1. The van der Waals surface area contributed by atoms with Gasteiger partial charge in [0.2, 0.25) is 0 Å². The molecule has 0 bridgehead atoms. The van der Waals surface area contributed by atoms with E-state index in [0.29, 0.717) is 18.8 Å². The Hall–Kier alpha value is -1.22.